The standard InChI is InChI=1S/C29H26O9/c1-19(30)35-29-24(37-28(33)22-15-9-4-10-16-22)17-23(36-27(32)21-13-7-3-8-14-21)25(38-29)18-34-26(31)20-11-5-2-6-12-20/h2-16,23-25,29H,17-18H2,1H3/t23?,24?,25-,29-/m1/s1. The highest BCUT2D eigenvalue weighted by Crippen LogP contribution is 2.28. The summed E-state index contributed by atoms with van der Waals surface area (Å²) in [5.74, 6) is -2.59. The van der Waals surface area contributed by atoms with Gasteiger partial charge in [-0.1, -0.05) is 54.6 Å². The summed E-state index contributed by atoms with van der Waals surface area (Å²) in [5.41, 5.74) is 0.908. The molecule has 1 aliphatic heterocycles. The first kappa shape index (κ1) is 26.6. The van der Waals surface area contributed by atoms with Gasteiger partial charge >= 0.3 is 23.9 Å². The highest BCUT2D eigenvalue weighted by molar-refractivity contribution is 5.90. The normalized spacial score (nSPS) is 20.6. The highest BCUT2D eigenvalue weighted by atomic mass is 16.7. The zero-order valence-electron chi connectivity index (χ0n) is 20.6. The smallest absolute Gasteiger partial charge is 0.338 e. The molecule has 0 spiro atoms. The number of benzene rings is 3. The summed E-state index contributed by atoms with van der Waals surface area (Å²) in [4.78, 5) is 49.9. The van der Waals surface area contributed by atoms with Crippen molar-refractivity contribution in [3.05, 3.63) is 108 Å². The Hall–Kier alpha value is -4.50. The van der Waals surface area contributed by atoms with E-state index in [1.54, 1.807) is 91.0 Å². The summed E-state index contributed by atoms with van der Waals surface area (Å²) >= 11 is 0. The van der Waals surface area contributed by atoms with Crippen molar-refractivity contribution in [2.45, 2.75) is 37.9 Å². The fraction of sp³-hybridized carbons (Fsp3) is 0.241. The van der Waals surface area contributed by atoms with Crippen LogP contribution in [-0.4, -0.2) is 55.1 Å². The Balaban J connectivity index is 1.54. The van der Waals surface area contributed by atoms with Crippen molar-refractivity contribution in [2.24, 2.45) is 0 Å². The van der Waals surface area contributed by atoms with Crippen molar-refractivity contribution in [1.82, 2.24) is 0 Å². The summed E-state index contributed by atoms with van der Waals surface area (Å²) in [5, 5.41) is 0. The van der Waals surface area contributed by atoms with Crippen molar-refractivity contribution in [3.8, 4) is 0 Å². The van der Waals surface area contributed by atoms with Crippen LogP contribution in [0.5, 0.6) is 0 Å². The molecule has 2 unspecified atom stereocenters. The predicted octanol–water partition coefficient (Wildman–Crippen LogP) is 3.97. The maximum Gasteiger partial charge on any atom is 0.338 e. The maximum atomic E-state index is 12.8. The van der Waals surface area contributed by atoms with Gasteiger partial charge in [-0.05, 0) is 36.4 Å². The molecule has 0 saturated carbocycles. The van der Waals surface area contributed by atoms with Crippen molar-refractivity contribution < 1.29 is 42.9 Å². The quantitative estimate of drug-likeness (QED) is 0.323. The fourth-order valence-corrected chi connectivity index (χ4v) is 3.86. The molecule has 0 N–H and O–H groups in total. The number of carbonyl (C=O) groups excluding carboxylic acids is 4. The van der Waals surface area contributed by atoms with E-state index < -0.39 is 48.5 Å². The SMILES string of the molecule is CC(=O)O[C@@H]1O[C@H](COC(=O)c2ccccc2)C(OC(=O)c2ccccc2)CC1OC(=O)c1ccccc1. The predicted molar refractivity (Wildman–Crippen MR) is 133 cm³/mol. The summed E-state index contributed by atoms with van der Waals surface area (Å²) in [6.07, 6.45) is -4.48. The van der Waals surface area contributed by atoms with Crippen molar-refractivity contribution >= 4 is 23.9 Å². The molecular formula is C29H26O9. The zero-order chi connectivity index (χ0) is 26.9. The lowest BCUT2D eigenvalue weighted by Crippen LogP contribution is -2.53. The largest absolute Gasteiger partial charge is 0.459 e. The lowest BCUT2D eigenvalue weighted by Gasteiger charge is -2.39. The second-order valence-electron chi connectivity index (χ2n) is 8.47. The number of hydrogen-bond acceptors (Lipinski definition) is 9. The minimum Gasteiger partial charge on any atom is -0.459 e. The van der Waals surface area contributed by atoms with Gasteiger partial charge in [0.15, 0.2) is 6.10 Å². The van der Waals surface area contributed by atoms with Gasteiger partial charge in [0.05, 0.1) is 16.7 Å². The van der Waals surface area contributed by atoms with Crippen LogP contribution in [0.4, 0.5) is 0 Å². The van der Waals surface area contributed by atoms with E-state index in [-0.39, 0.29) is 18.6 Å². The third-order valence-electron chi connectivity index (χ3n) is 5.70. The van der Waals surface area contributed by atoms with Gasteiger partial charge in [-0.2, -0.15) is 0 Å². The van der Waals surface area contributed by atoms with Gasteiger partial charge in [0.25, 0.3) is 0 Å². The molecule has 4 atom stereocenters. The summed E-state index contributed by atoms with van der Waals surface area (Å²) in [6, 6.07) is 24.9. The molecule has 0 radical (unpaired) electrons. The average Bonchev–Trinajstić information content (AvgIpc) is 2.94. The minimum atomic E-state index is -1.31. The first-order valence-electron chi connectivity index (χ1n) is 12.0. The van der Waals surface area contributed by atoms with E-state index in [4.69, 9.17) is 23.7 Å². The molecule has 1 saturated heterocycles. The van der Waals surface area contributed by atoms with E-state index in [9.17, 15) is 19.2 Å². The Morgan fingerprint density at radius 3 is 1.58 bits per heavy atom. The van der Waals surface area contributed by atoms with Gasteiger partial charge in [-0.15, -0.1) is 0 Å². The van der Waals surface area contributed by atoms with Crippen LogP contribution < -0.4 is 0 Å². The summed E-state index contributed by atoms with van der Waals surface area (Å²) in [7, 11) is 0. The number of ether oxygens (including phenoxy) is 5. The molecule has 3 aromatic rings. The molecule has 0 aromatic heterocycles. The molecule has 1 fully saturated rings. The summed E-state index contributed by atoms with van der Waals surface area (Å²) < 4.78 is 27.9. The van der Waals surface area contributed by atoms with Crippen LogP contribution in [0.25, 0.3) is 0 Å². The molecular weight excluding hydrogens is 492 g/mol. The van der Waals surface area contributed by atoms with E-state index >= 15 is 0 Å². The summed E-state index contributed by atoms with van der Waals surface area (Å²) in [6.45, 7) is 0.878. The molecule has 0 bridgehead atoms. The zero-order valence-corrected chi connectivity index (χ0v) is 20.6. The van der Waals surface area contributed by atoms with E-state index in [1.165, 1.54) is 6.92 Å². The monoisotopic (exact) mass is 518 g/mol. The second kappa shape index (κ2) is 12.6. The average molecular weight is 519 g/mol. The number of esters is 4. The van der Waals surface area contributed by atoms with Crippen molar-refractivity contribution in [1.29, 1.82) is 0 Å². The molecule has 9 heteroatoms. The molecule has 4 rings (SSSR count). The second-order valence-corrected chi connectivity index (χ2v) is 8.47. The van der Waals surface area contributed by atoms with Gasteiger partial charge in [0.1, 0.15) is 18.8 Å². The Kier molecular flexibility index (Phi) is 8.84. The van der Waals surface area contributed by atoms with E-state index in [1.807, 2.05) is 0 Å². The number of carbonyl (C=O) groups is 4. The Morgan fingerprint density at radius 2 is 1.11 bits per heavy atom. The van der Waals surface area contributed by atoms with Crippen LogP contribution in [-0.2, 0) is 28.5 Å². The first-order chi connectivity index (χ1) is 18.4. The lowest BCUT2D eigenvalue weighted by molar-refractivity contribution is -0.261. The molecule has 1 heterocycles. The number of hydrogen-bond donors (Lipinski definition) is 0. The molecule has 0 aliphatic carbocycles. The topological polar surface area (TPSA) is 114 Å². The Morgan fingerprint density at radius 1 is 0.658 bits per heavy atom. The van der Waals surface area contributed by atoms with Crippen LogP contribution in [0, 0.1) is 0 Å². The van der Waals surface area contributed by atoms with Crippen molar-refractivity contribution in [3.63, 3.8) is 0 Å². The van der Waals surface area contributed by atoms with E-state index in [0.29, 0.717) is 11.1 Å². The minimum absolute atomic E-state index is 0.0668. The van der Waals surface area contributed by atoms with Gasteiger partial charge in [0, 0.05) is 13.3 Å². The molecule has 1 aliphatic rings. The van der Waals surface area contributed by atoms with Crippen LogP contribution >= 0.6 is 0 Å². The third-order valence-corrected chi connectivity index (χ3v) is 5.70. The van der Waals surface area contributed by atoms with Gasteiger partial charge < -0.3 is 23.7 Å². The molecule has 196 valence electrons. The van der Waals surface area contributed by atoms with Crippen LogP contribution in [0.3, 0.4) is 0 Å². The fourth-order valence-electron chi connectivity index (χ4n) is 3.86. The van der Waals surface area contributed by atoms with Gasteiger partial charge in [-0.25, -0.2) is 14.4 Å². The highest BCUT2D eigenvalue weighted by Gasteiger charge is 2.44. The third kappa shape index (κ3) is 7.04. The molecule has 0 amide bonds. The van der Waals surface area contributed by atoms with Crippen molar-refractivity contribution in [2.75, 3.05) is 6.61 Å². The Bertz CT molecular complexity index is 1240. The lowest BCUT2D eigenvalue weighted by atomic mass is 10.0. The number of rotatable bonds is 8. The maximum absolute atomic E-state index is 12.8. The van der Waals surface area contributed by atoms with Crippen LogP contribution in [0.15, 0.2) is 91.0 Å². The van der Waals surface area contributed by atoms with Gasteiger partial charge in [0.2, 0.25) is 6.29 Å². The van der Waals surface area contributed by atoms with Crippen LogP contribution in [0.1, 0.15) is 44.4 Å². The molecule has 38 heavy (non-hydrogen) atoms. The van der Waals surface area contributed by atoms with Gasteiger partial charge in [-0.3, -0.25) is 4.79 Å². The van der Waals surface area contributed by atoms with Crippen LogP contribution in [0.2, 0.25) is 0 Å². The molecule has 3 aromatic carbocycles. The molecule has 9 nitrogen and oxygen atoms in total. The Labute approximate surface area is 219 Å². The first-order valence-corrected chi connectivity index (χ1v) is 12.0. The van der Waals surface area contributed by atoms with E-state index in [2.05, 4.69) is 0 Å². The van der Waals surface area contributed by atoms with E-state index in [0.717, 1.165) is 0 Å².